The Balaban J connectivity index is 1.41. The molecule has 0 bridgehead atoms. The molecule has 3 fully saturated rings. The fourth-order valence-electron chi connectivity index (χ4n) is 3.83. The molecule has 4 nitrogen and oxygen atoms in total. The molecular formula is C16H22O4. The van der Waals surface area contributed by atoms with Crippen LogP contribution >= 0.6 is 0 Å². The number of hydrogen-bond acceptors (Lipinski definition) is 4. The van der Waals surface area contributed by atoms with Gasteiger partial charge in [-0.25, -0.2) is 4.79 Å². The van der Waals surface area contributed by atoms with Crippen LogP contribution in [0.5, 0.6) is 0 Å². The molecule has 0 aromatic carbocycles. The van der Waals surface area contributed by atoms with Crippen molar-refractivity contribution < 1.29 is 19.0 Å². The number of carbonyl (C=O) groups is 1. The summed E-state index contributed by atoms with van der Waals surface area (Å²) in [6.45, 7) is 4.68. The summed E-state index contributed by atoms with van der Waals surface area (Å²) in [4.78, 5) is 12.4. The smallest absolute Gasteiger partial charge is 0.334 e. The van der Waals surface area contributed by atoms with Crippen LogP contribution in [0.4, 0.5) is 0 Å². The molecule has 0 aromatic rings. The van der Waals surface area contributed by atoms with Crippen molar-refractivity contribution >= 4 is 5.97 Å². The minimum absolute atomic E-state index is 0.186. The first kappa shape index (κ1) is 12.8. The number of epoxide rings is 2. The average Bonchev–Trinajstić information content (AvgIpc) is 3.20. The van der Waals surface area contributed by atoms with Crippen LogP contribution in [-0.4, -0.2) is 24.2 Å². The second-order valence-electron chi connectivity index (χ2n) is 7.35. The summed E-state index contributed by atoms with van der Waals surface area (Å²) in [7, 11) is 0. The van der Waals surface area contributed by atoms with Gasteiger partial charge in [0.25, 0.3) is 0 Å². The molecular weight excluding hydrogens is 256 g/mol. The third-order valence-corrected chi connectivity index (χ3v) is 5.21. The van der Waals surface area contributed by atoms with Crippen molar-refractivity contribution in [2.24, 2.45) is 11.3 Å². The molecule has 2 saturated heterocycles. The number of esters is 1. The Bertz CT molecular complexity index is 479. The Morgan fingerprint density at radius 1 is 1.30 bits per heavy atom. The lowest BCUT2D eigenvalue weighted by Crippen LogP contribution is -2.30. The molecule has 0 spiro atoms. The fraction of sp³-hybridized carbons (Fsp3) is 0.812. The minimum Gasteiger partial charge on any atom is -0.462 e. The van der Waals surface area contributed by atoms with E-state index in [9.17, 15) is 4.79 Å². The molecule has 20 heavy (non-hydrogen) atoms. The largest absolute Gasteiger partial charge is 0.462 e. The van der Waals surface area contributed by atoms with Gasteiger partial charge in [-0.2, -0.15) is 0 Å². The molecule has 0 N–H and O–H groups in total. The van der Waals surface area contributed by atoms with Crippen LogP contribution < -0.4 is 0 Å². The van der Waals surface area contributed by atoms with Crippen molar-refractivity contribution in [3.05, 3.63) is 11.6 Å². The van der Waals surface area contributed by atoms with Gasteiger partial charge in [-0.15, -0.1) is 0 Å². The SMILES string of the molecule is CC1(C)CC23OC2(C=C1C(=O)OCC1CCCCC1)O3. The maximum atomic E-state index is 12.4. The van der Waals surface area contributed by atoms with Gasteiger partial charge in [-0.1, -0.05) is 33.1 Å². The summed E-state index contributed by atoms with van der Waals surface area (Å²) >= 11 is 0. The first-order chi connectivity index (χ1) is 9.47. The Labute approximate surface area is 119 Å². The molecule has 0 aromatic heterocycles. The topological polar surface area (TPSA) is 51.4 Å². The van der Waals surface area contributed by atoms with Crippen LogP contribution in [0.3, 0.4) is 0 Å². The Morgan fingerprint density at radius 2 is 2.00 bits per heavy atom. The Kier molecular flexibility index (Phi) is 2.48. The van der Waals surface area contributed by atoms with Gasteiger partial charge in [0.15, 0.2) is 0 Å². The average molecular weight is 278 g/mol. The molecule has 110 valence electrons. The van der Waals surface area contributed by atoms with Crippen LogP contribution in [0, 0.1) is 11.3 Å². The lowest BCUT2D eigenvalue weighted by atomic mass is 9.75. The van der Waals surface area contributed by atoms with E-state index in [1.807, 2.05) is 6.08 Å². The molecule has 2 aliphatic heterocycles. The number of hydrogen-bond donors (Lipinski definition) is 0. The highest BCUT2D eigenvalue weighted by Gasteiger charge is 2.92. The summed E-state index contributed by atoms with van der Waals surface area (Å²) in [5.41, 5.74) is 0.485. The van der Waals surface area contributed by atoms with Crippen LogP contribution in [0.1, 0.15) is 52.4 Å². The van der Waals surface area contributed by atoms with Gasteiger partial charge in [0, 0.05) is 17.4 Å². The lowest BCUT2D eigenvalue weighted by molar-refractivity contribution is -0.142. The van der Waals surface area contributed by atoms with Gasteiger partial charge in [0.2, 0.25) is 11.6 Å². The maximum Gasteiger partial charge on any atom is 0.334 e. The first-order valence-electron chi connectivity index (χ1n) is 7.77. The Morgan fingerprint density at radius 3 is 2.70 bits per heavy atom. The lowest BCUT2D eigenvalue weighted by Gasteiger charge is -2.28. The van der Waals surface area contributed by atoms with E-state index in [1.54, 1.807) is 0 Å². The van der Waals surface area contributed by atoms with E-state index < -0.39 is 11.6 Å². The molecule has 0 amide bonds. The minimum atomic E-state index is -0.568. The normalized spacial score (nSPS) is 41.2. The van der Waals surface area contributed by atoms with Crippen LogP contribution in [0.25, 0.3) is 0 Å². The highest BCUT2D eigenvalue weighted by Crippen LogP contribution is 2.75. The van der Waals surface area contributed by atoms with Crippen molar-refractivity contribution in [3.8, 4) is 0 Å². The van der Waals surface area contributed by atoms with Crippen molar-refractivity contribution in [1.82, 2.24) is 0 Å². The summed E-state index contributed by atoms with van der Waals surface area (Å²) in [5.74, 6) is -0.605. The third-order valence-electron chi connectivity index (χ3n) is 5.21. The number of rotatable bonds is 3. The summed E-state index contributed by atoms with van der Waals surface area (Å²) in [6, 6.07) is 0. The van der Waals surface area contributed by atoms with E-state index >= 15 is 0 Å². The second-order valence-corrected chi connectivity index (χ2v) is 7.35. The van der Waals surface area contributed by atoms with E-state index in [2.05, 4.69) is 13.8 Å². The van der Waals surface area contributed by atoms with E-state index in [4.69, 9.17) is 14.2 Å². The zero-order chi connectivity index (χ0) is 14.0. The summed E-state index contributed by atoms with van der Waals surface area (Å²) in [6.07, 6.45) is 8.82. The van der Waals surface area contributed by atoms with E-state index in [-0.39, 0.29) is 11.4 Å². The predicted molar refractivity (Wildman–Crippen MR) is 71.6 cm³/mol. The zero-order valence-electron chi connectivity index (χ0n) is 12.2. The molecule has 2 aliphatic carbocycles. The summed E-state index contributed by atoms with van der Waals surface area (Å²) in [5, 5.41) is 0. The van der Waals surface area contributed by atoms with Crippen molar-refractivity contribution in [3.63, 3.8) is 0 Å². The standard InChI is InChI=1S/C16H22O4/c1-14(2)10-16-15(19-16,20-16)8-12(14)13(17)18-9-11-6-4-3-5-7-11/h8,11H,3-7,9-10H2,1-2H3. The monoisotopic (exact) mass is 278 g/mol. The van der Waals surface area contributed by atoms with Crippen LogP contribution in [0.15, 0.2) is 11.6 Å². The predicted octanol–water partition coefficient (Wildman–Crippen LogP) is 2.92. The van der Waals surface area contributed by atoms with E-state index in [0.29, 0.717) is 12.5 Å². The highest BCUT2D eigenvalue weighted by atomic mass is 17.0. The second kappa shape index (κ2) is 3.86. The molecule has 4 aliphatic rings. The quantitative estimate of drug-likeness (QED) is 0.588. The molecule has 0 radical (unpaired) electrons. The van der Waals surface area contributed by atoms with Crippen molar-refractivity contribution in [1.29, 1.82) is 0 Å². The number of ether oxygens (including phenoxy) is 3. The Hall–Kier alpha value is -0.870. The van der Waals surface area contributed by atoms with E-state index in [1.165, 1.54) is 32.1 Å². The third kappa shape index (κ3) is 1.77. The van der Waals surface area contributed by atoms with E-state index in [0.717, 1.165) is 12.0 Å². The highest BCUT2D eigenvalue weighted by molar-refractivity contribution is 5.91. The number of carbonyl (C=O) groups excluding carboxylic acids is 1. The van der Waals surface area contributed by atoms with Gasteiger partial charge < -0.3 is 14.2 Å². The zero-order valence-corrected chi connectivity index (χ0v) is 12.2. The maximum absolute atomic E-state index is 12.4. The van der Waals surface area contributed by atoms with Crippen molar-refractivity contribution in [2.45, 2.75) is 63.9 Å². The van der Waals surface area contributed by atoms with Crippen LogP contribution in [0.2, 0.25) is 0 Å². The summed E-state index contributed by atoms with van der Waals surface area (Å²) < 4.78 is 16.7. The fourth-order valence-corrected chi connectivity index (χ4v) is 3.83. The molecule has 4 rings (SSSR count). The molecule has 0 unspecified atom stereocenters. The van der Waals surface area contributed by atoms with Gasteiger partial charge in [-0.3, -0.25) is 0 Å². The van der Waals surface area contributed by atoms with Crippen LogP contribution in [-0.2, 0) is 19.0 Å². The van der Waals surface area contributed by atoms with Gasteiger partial charge in [0.1, 0.15) is 0 Å². The van der Waals surface area contributed by atoms with Gasteiger partial charge in [0.05, 0.1) is 6.61 Å². The van der Waals surface area contributed by atoms with Crippen molar-refractivity contribution in [2.75, 3.05) is 6.61 Å². The molecule has 4 heteroatoms. The molecule has 2 heterocycles. The van der Waals surface area contributed by atoms with Gasteiger partial charge in [-0.05, 0) is 24.8 Å². The molecule has 1 saturated carbocycles. The first-order valence-corrected chi connectivity index (χ1v) is 7.77. The molecule has 0 atom stereocenters. The van der Waals surface area contributed by atoms with Gasteiger partial charge >= 0.3 is 5.97 Å².